The Kier molecular flexibility index (Phi) is 7.13. The van der Waals surface area contributed by atoms with Gasteiger partial charge in [-0.15, -0.1) is 0 Å². The third-order valence-electron chi connectivity index (χ3n) is 3.43. The second-order valence-electron chi connectivity index (χ2n) is 5.35. The fourth-order valence-electron chi connectivity index (χ4n) is 2.21. The van der Waals surface area contributed by atoms with Crippen LogP contribution in [-0.4, -0.2) is 36.3 Å². The highest BCUT2D eigenvalue weighted by Gasteiger charge is 2.14. The number of methoxy groups -OCH3 is 1. The Labute approximate surface area is 161 Å². The van der Waals surface area contributed by atoms with Gasteiger partial charge in [0.25, 0.3) is 0 Å². The zero-order chi connectivity index (χ0) is 19.8. The van der Waals surface area contributed by atoms with E-state index in [1.807, 2.05) is 6.07 Å². The number of ether oxygens (including phenoxy) is 1. The van der Waals surface area contributed by atoms with Gasteiger partial charge in [0.15, 0.2) is 11.0 Å². The van der Waals surface area contributed by atoms with E-state index < -0.39 is 6.09 Å². The van der Waals surface area contributed by atoms with Crippen molar-refractivity contribution in [1.82, 2.24) is 0 Å². The highest BCUT2D eigenvalue weighted by atomic mass is 32.2. The van der Waals surface area contributed by atoms with Gasteiger partial charge in [0.2, 0.25) is 5.91 Å². The molecule has 27 heavy (non-hydrogen) atoms. The Morgan fingerprint density at radius 1 is 0.963 bits per heavy atom. The van der Waals surface area contributed by atoms with E-state index in [1.54, 1.807) is 48.7 Å². The van der Waals surface area contributed by atoms with Gasteiger partial charge in [0.05, 0.1) is 18.5 Å². The fourth-order valence-corrected chi connectivity index (χ4v) is 2.59. The number of ketones is 1. The minimum atomic E-state index is -0.760. The fraction of sp³-hybridized carbons (Fsp3) is 0.158. The number of rotatable bonds is 4. The van der Waals surface area contributed by atoms with Gasteiger partial charge in [-0.25, -0.2) is 4.79 Å². The lowest BCUT2D eigenvalue weighted by atomic mass is 10.0. The summed E-state index contributed by atoms with van der Waals surface area (Å²) < 4.78 is 4.53. The predicted molar refractivity (Wildman–Crippen MR) is 108 cm³/mol. The summed E-state index contributed by atoms with van der Waals surface area (Å²) in [5.74, 6) is -0.431. The second kappa shape index (κ2) is 9.54. The summed E-state index contributed by atoms with van der Waals surface area (Å²) in [6.45, 7) is 1.38. The van der Waals surface area contributed by atoms with Crippen molar-refractivity contribution in [3.8, 4) is 0 Å². The Hall–Kier alpha value is -3.13. The van der Waals surface area contributed by atoms with Crippen LogP contribution in [0.25, 0.3) is 0 Å². The number of hydrogen-bond acceptors (Lipinski definition) is 5. The molecule has 0 aliphatic heterocycles. The molecule has 0 aromatic heterocycles. The van der Waals surface area contributed by atoms with E-state index in [1.165, 1.54) is 25.8 Å². The lowest BCUT2D eigenvalue weighted by molar-refractivity contribution is -0.114. The van der Waals surface area contributed by atoms with Crippen LogP contribution in [0.4, 0.5) is 16.2 Å². The monoisotopic (exact) mass is 385 g/mol. The number of amidine groups is 1. The maximum atomic E-state index is 12.7. The minimum Gasteiger partial charge on any atom is -0.451 e. The average molecular weight is 385 g/mol. The van der Waals surface area contributed by atoms with Crippen molar-refractivity contribution in [3.05, 3.63) is 59.7 Å². The van der Waals surface area contributed by atoms with Crippen LogP contribution < -0.4 is 10.6 Å². The molecule has 0 fully saturated rings. The number of carbonyl (C=O) groups is 3. The lowest BCUT2D eigenvalue weighted by Gasteiger charge is -2.14. The summed E-state index contributed by atoms with van der Waals surface area (Å²) in [5.41, 5.74) is 1.86. The van der Waals surface area contributed by atoms with Gasteiger partial charge in [-0.1, -0.05) is 42.1 Å². The van der Waals surface area contributed by atoms with Gasteiger partial charge in [0.1, 0.15) is 0 Å². The van der Waals surface area contributed by atoms with Crippen LogP contribution in [0.2, 0.25) is 0 Å². The lowest BCUT2D eigenvalue weighted by Crippen LogP contribution is -2.15. The first-order valence-corrected chi connectivity index (χ1v) is 9.16. The number of carbonyl (C=O) groups excluding carboxylic acids is 3. The van der Waals surface area contributed by atoms with E-state index in [2.05, 4.69) is 20.4 Å². The molecule has 2 aromatic carbocycles. The second-order valence-corrected chi connectivity index (χ2v) is 6.15. The largest absolute Gasteiger partial charge is 0.451 e. The third-order valence-corrected chi connectivity index (χ3v) is 4.01. The van der Waals surface area contributed by atoms with Crippen LogP contribution in [0.1, 0.15) is 22.8 Å². The third kappa shape index (κ3) is 5.68. The number of nitrogens with one attached hydrogen (secondary N) is 2. The summed E-state index contributed by atoms with van der Waals surface area (Å²) in [4.78, 5) is 39.3. The molecule has 0 bridgehead atoms. The molecule has 0 spiro atoms. The quantitative estimate of drug-likeness (QED) is 0.472. The van der Waals surface area contributed by atoms with Crippen LogP contribution in [0, 0.1) is 0 Å². The Balaban J connectivity index is 2.42. The van der Waals surface area contributed by atoms with Crippen molar-refractivity contribution in [2.75, 3.05) is 24.0 Å². The number of amides is 2. The SMILES string of the molecule is COC(=O)/N=C(/Nc1cc(C(=O)c2ccccc2)ccc1NC(C)=O)SC. The molecule has 0 aliphatic rings. The summed E-state index contributed by atoms with van der Waals surface area (Å²) in [7, 11) is 1.23. The molecule has 2 aromatic rings. The molecule has 0 heterocycles. The van der Waals surface area contributed by atoms with Gasteiger partial charge < -0.3 is 15.4 Å². The molecule has 2 rings (SSSR count). The highest BCUT2D eigenvalue weighted by molar-refractivity contribution is 8.13. The van der Waals surface area contributed by atoms with Crippen molar-refractivity contribution in [3.63, 3.8) is 0 Å². The number of hydrogen-bond donors (Lipinski definition) is 2. The molecular weight excluding hydrogens is 366 g/mol. The van der Waals surface area contributed by atoms with Crippen LogP contribution in [0.3, 0.4) is 0 Å². The number of anilines is 2. The zero-order valence-corrected chi connectivity index (χ0v) is 15.9. The van der Waals surface area contributed by atoms with E-state index in [9.17, 15) is 14.4 Å². The number of nitrogens with zero attached hydrogens (tertiary/aromatic N) is 1. The van der Waals surface area contributed by atoms with Crippen LogP contribution in [0.5, 0.6) is 0 Å². The van der Waals surface area contributed by atoms with E-state index in [-0.39, 0.29) is 16.9 Å². The van der Waals surface area contributed by atoms with Gasteiger partial charge in [-0.3, -0.25) is 9.59 Å². The molecule has 0 unspecified atom stereocenters. The number of aliphatic imine (C=N–C) groups is 1. The van der Waals surface area contributed by atoms with Crippen molar-refractivity contribution in [1.29, 1.82) is 0 Å². The first-order valence-electron chi connectivity index (χ1n) is 7.93. The Morgan fingerprint density at radius 3 is 2.26 bits per heavy atom. The van der Waals surface area contributed by atoms with E-state index in [4.69, 9.17) is 0 Å². The van der Waals surface area contributed by atoms with Crippen LogP contribution in [-0.2, 0) is 9.53 Å². The van der Waals surface area contributed by atoms with E-state index in [0.29, 0.717) is 22.5 Å². The summed E-state index contributed by atoms with van der Waals surface area (Å²) in [5, 5.41) is 5.90. The highest BCUT2D eigenvalue weighted by Crippen LogP contribution is 2.26. The van der Waals surface area contributed by atoms with Crippen molar-refractivity contribution in [2.45, 2.75) is 6.92 Å². The van der Waals surface area contributed by atoms with Crippen LogP contribution in [0.15, 0.2) is 53.5 Å². The van der Waals surface area contributed by atoms with Gasteiger partial charge >= 0.3 is 6.09 Å². The molecule has 0 saturated heterocycles. The van der Waals surface area contributed by atoms with Crippen molar-refractivity contribution >= 4 is 46.1 Å². The predicted octanol–water partition coefficient (Wildman–Crippen LogP) is 3.77. The van der Waals surface area contributed by atoms with Crippen molar-refractivity contribution in [2.24, 2.45) is 4.99 Å². The number of benzene rings is 2. The molecule has 2 amide bonds. The molecule has 140 valence electrons. The normalized spacial score (nSPS) is 10.9. The smallest absolute Gasteiger partial charge is 0.435 e. The summed E-state index contributed by atoms with van der Waals surface area (Å²) in [6, 6.07) is 13.7. The first-order chi connectivity index (χ1) is 12.9. The molecule has 2 N–H and O–H groups in total. The topological polar surface area (TPSA) is 96.9 Å². The molecule has 0 atom stereocenters. The van der Waals surface area contributed by atoms with Crippen LogP contribution >= 0.6 is 11.8 Å². The van der Waals surface area contributed by atoms with E-state index >= 15 is 0 Å². The van der Waals surface area contributed by atoms with Gasteiger partial charge in [0, 0.05) is 18.1 Å². The maximum absolute atomic E-state index is 12.7. The number of thioether (sulfide) groups is 1. The summed E-state index contributed by atoms with van der Waals surface area (Å²) >= 11 is 1.19. The average Bonchev–Trinajstić information content (AvgIpc) is 2.68. The molecule has 0 saturated carbocycles. The minimum absolute atomic E-state index is 0.163. The molecule has 7 nitrogen and oxygen atoms in total. The Morgan fingerprint density at radius 2 is 1.67 bits per heavy atom. The van der Waals surface area contributed by atoms with Crippen molar-refractivity contribution < 1.29 is 19.1 Å². The van der Waals surface area contributed by atoms with E-state index in [0.717, 1.165) is 0 Å². The molecule has 0 radical (unpaired) electrons. The Bertz CT molecular complexity index is 882. The standard InChI is InChI=1S/C19H19N3O4S/c1-12(23)20-15-10-9-14(17(24)13-7-5-4-6-8-13)11-16(15)21-18(27-3)22-19(25)26-2/h4-11H,1-3H3,(H,20,23)(H,21,22,25). The maximum Gasteiger partial charge on any atom is 0.435 e. The van der Waals surface area contributed by atoms with Gasteiger partial charge in [-0.2, -0.15) is 4.99 Å². The summed E-state index contributed by atoms with van der Waals surface area (Å²) in [6.07, 6.45) is 0.968. The molecular formula is C19H19N3O4S. The van der Waals surface area contributed by atoms with Gasteiger partial charge in [-0.05, 0) is 24.5 Å². The zero-order valence-electron chi connectivity index (χ0n) is 15.1. The molecule has 0 aliphatic carbocycles. The first kappa shape index (κ1) is 20.2. The molecule has 8 heteroatoms.